The summed E-state index contributed by atoms with van der Waals surface area (Å²) in [5, 5.41) is 2.38. The predicted octanol–water partition coefficient (Wildman–Crippen LogP) is 3.98. The van der Waals surface area contributed by atoms with E-state index in [0.717, 1.165) is 5.56 Å². The molecule has 0 unspecified atom stereocenters. The summed E-state index contributed by atoms with van der Waals surface area (Å²) in [6.07, 6.45) is 2.28. The standard InChI is InChI=1S/C12H9O.C6H5.Y/c13-8-7-10-5-6-11-3-1-2-4-12(11)9-10;1-2-4-6-5-3-1;/h1-6,9H,7H2;1-5H;/q2*-1;. The number of hydrogen-bond acceptors (Lipinski definition) is 1. The van der Waals surface area contributed by atoms with Crippen LogP contribution in [0.3, 0.4) is 0 Å². The Bertz CT molecular complexity index is 608. The van der Waals surface area contributed by atoms with E-state index in [-0.39, 0.29) is 32.7 Å². The Kier molecular flexibility index (Phi) is 8.02. The number of benzene rings is 3. The first-order valence-electron chi connectivity index (χ1n) is 6.14. The molecule has 0 amide bonds. The zero-order chi connectivity index (χ0) is 13.3. The first-order valence-corrected chi connectivity index (χ1v) is 6.14. The summed E-state index contributed by atoms with van der Waals surface area (Å²) in [5.74, 6) is 0. The Balaban J connectivity index is 0.000000243. The SMILES string of the molecule is O=[C-]Cc1ccc2ccccc2c1.[Y].[c-]1ccccc1. The van der Waals surface area contributed by atoms with Crippen LogP contribution in [0.25, 0.3) is 10.8 Å². The van der Waals surface area contributed by atoms with Crippen LogP contribution in [0.2, 0.25) is 0 Å². The fraction of sp³-hybridized carbons (Fsp3) is 0.0556. The van der Waals surface area contributed by atoms with Crippen molar-refractivity contribution in [1.29, 1.82) is 0 Å². The molecule has 20 heavy (non-hydrogen) atoms. The van der Waals surface area contributed by atoms with Gasteiger partial charge < -0.3 is 4.79 Å². The molecule has 0 aromatic heterocycles. The Morgan fingerprint density at radius 1 is 0.850 bits per heavy atom. The normalized spacial score (nSPS) is 9.00. The molecule has 97 valence electrons. The maximum atomic E-state index is 10.2. The molecule has 3 rings (SSSR count). The van der Waals surface area contributed by atoms with Crippen molar-refractivity contribution in [2.45, 2.75) is 6.42 Å². The summed E-state index contributed by atoms with van der Waals surface area (Å²) in [6, 6.07) is 26.6. The van der Waals surface area contributed by atoms with Crippen LogP contribution in [0, 0.1) is 6.07 Å². The predicted molar refractivity (Wildman–Crippen MR) is 78.6 cm³/mol. The van der Waals surface area contributed by atoms with Crippen molar-refractivity contribution in [2.24, 2.45) is 0 Å². The van der Waals surface area contributed by atoms with Crippen molar-refractivity contribution in [3.63, 3.8) is 0 Å². The minimum absolute atomic E-state index is 0. The van der Waals surface area contributed by atoms with E-state index in [9.17, 15) is 4.79 Å². The molecule has 0 N–H and O–H groups in total. The fourth-order valence-corrected chi connectivity index (χ4v) is 1.77. The quantitative estimate of drug-likeness (QED) is 0.648. The van der Waals surface area contributed by atoms with Crippen LogP contribution in [-0.4, -0.2) is 6.29 Å². The molecule has 0 heterocycles. The van der Waals surface area contributed by atoms with Crippen molar-refractivity contribution < 1.29 is 37.5 Å². The number of carbonyl (C=O) groups excluding carboxylic acids is 1. The molecular formula is C18H14OY-2. The third-order valence-corrected chi connectivity index (χ3v) is 2.70. The maximum absolute atomic E-state index is 10.2. The van der Waals surface area contributed by atoms with Crippen molar-refractivity contribution in [1.82, 2.24) is 0 Å². The number of fused-ring (bicyclic) bond motifs is 1. The summed E-state index contributed by atoms with van der Waals surface area (Å²) < 4.78 is 0. The molecule has 2 heteroatoms. The third kappa shape index (κ3) is 5.36. The molecule has 3 aromatic rings. The summed E-state index contributed by atoms with van der Waals surface area (Å²) >= 11 is 0. The van der Waals surface area contributed by atoms with Gasteiger partial charge in [-0.15, -0.1) is 6.42 Å². The molecule has 0 saturated heterocycles. The number of rotatable bonds is 2. The van der Waals surface area contributed by atoms with Crippen LogP contribution in [0.15, 0.2) is 72.8 Å². The average Bonchev–Trinajstić information content (AvgIpc) is 2.50. The van der Waals surface area contributed by atoms with Gasteiger partial charge in [-0.1, -0.05) is 48.0 Å². The smallest absolute Gasteiger partial charge is 0 e. The molecular weight excluding hydrogens is 321 g/mol. The molecule has 0 atom stereocenters. The maximum Gasteiger partial charge on any atom is 0 e. The first-order chi connectivity index (χ1) is 9.40. The topological polar surface area (TPSA) is 17.1 Å². The van der Waals surface area contributed by atoms with Gasteiger partial charge in [-0.25, -0.2) is 0 Å². The van der Waals surface area contributed by atoms with Gasteiger partial charge in [0.25, 0.3) is 0 Å². The molecule has 0 aliphatic rings. The molecule has 0 aliphatic heterocycles. The van der Waals surface area contributed by atoms with E-state index in [1.165, 1.54) is 10.8 Å². The molecule has 0 saturated carbocycles. The molecule has 0 bridgehead atoms. The van der Waals surface area contributed by atoms with E-state index < -0.39 is 0 Å². The largest absolute Gasteiger partial charge is 0.541 e. The Hall–Kier alpha value is -1.31. The van der Waals surface area contributed by atoms with E-state index in [2.05, 4.69) is 12.1 Å². The zero-order valence-electron chi connectivity index (χ0n) is 11.1. The molecule has 1 radical (unpaired) electrons. The molecule has 1 nitrogen and oxygen atoms in total. The van der Waals surface area contributed by atoms with Crippen LogP contribution in [0.5, 0.6) is 0 Å². The van der Waals surface area contributed by atoms with Gasteiger partial charge in [0.15, 0.2) is 0 Å². The van der Waals surface area contributed by atoms with Gasteiger partial charge in [-0.2, -0.15) is 36.4 Å². The second kappa shape index (κ2) is 9.57. The number of hydrogen-bond donors (Lipinski definition) is 0. The van der Waals surface area contributed by atoms with E-state index >= 15 is 0 Å². The van der Waals surface area contributed by atoms with E-state index in [1.807, 2.05) is 73.0 Å². The van der Waals surface area contributed by atoms with E-state index in [1.54, 1.807) is 0 Å². The Labute approximate surface area is 144 Å². The summed E-state index contributed by atoms with van der Waals surface area (Å²) in [7, 11) is 0. The van der Waals surface area contributed by atoms with Crippen molar-refractivity contribution in [2.75, 3.05) is 0 Å². The monoisotopic (exact) mass is 335 g/mol. The minimum Gasteiger partial charge on any atom is -0.541 e. The fourth-order valence-electron chi connectivity index (χ4n) is 1.77. The summed E-state index contributed by atoms with van der Waals surface area (Å²) in [4.78, 5) is 10.2. The molecule has 0 spiro atoms. The van der Waals surface area contributed by atoms with Crippen molar-refractivity contribution in [3.8, 4) is 0 Å². The Morgan fingerprint density at radius 2 is 1.55 bits per heavy atom. The first kappa shape index (κ1) is 16.7. The van der Waals surface area contributed by atoms with Gasteiger partial charge in [0.1, 0.15) is 0 Å². The second-order valence-corrected chi connectivity index (χ2v) is 4.08. The van der Waals surface area contributed by atoms with Crippen LogP contribution in [-0.2, 0) is 43.9 Å². The molecule has 0 aliphatic carbocycles. The van der Waals surface area contributed by atoms with Gasteiger partial charge in [0.2, 0.25) is 0 Å². The van der Waals surface area contributed by atoms with Gasteiger partial charge >= 0.3 is 0 Å². The van der Waals surface area contributed by atoms with Gasteiger partial charge in [0, 0.05) is 32.7 Å². The van der Waals surface area contributed by atoms with Gasteiger partial charge in [-0.05, 0) is 10.8 Å². The zero-order valence-corrected chi connectivity index (χ0v) is 14.0. The van der Waals surface area contributed by atoms with Crippen LogP contribution in [0.4, 0.5) is 0 Å². The van der Waals surface area contributed by atoms with Crippen LogP contribution >= 0.6 is 0 Å². The van der Waals surface area contributed by atoms with Crippen LogP contribution < -0.4 is 0 Å². The van der Waals surface area contributed by atoms with Gasteiger partial charge in [-0.3, -0.25) is 6.29 Å². The van der Waals surface area contributed by atoms with Crippen LogP contribution in [0.1, 0.15) is 5.56 Å². The minimum atomic E-state index is 0. The second-order valence-electron chi connectivity index (χ2n) is 4.08. The average molecular weight is 335 g/mol. The summed E-state index contributed by atoms with van der Waals surface area (Å²) in [6.45, 7) is 0. The van der Waals surface area contributed by atoms with Crippen molar-refractivity contribution in [3.05, 3.63) is 84.4 Å². The van der Waals surface area contributed by atoms with Gasteiger partial charge in [0.05, 0.1) is 0 Å². The van der Waals surface area contributed by atoms with E-state index in [4.69, 9.17) is 0 Å². The third-order valence-electron chi connectivity index (χ3n) is 2.70. The Morgan fingerprint density at radius 3 is 2.10 bits per heavy atom. The molecule has 0 fully saturated rings. The van der Waals surface area contributed by atoms with Crippen molar-refractivity contribution >= 4 is 17.1 Å². The molecule has 3 aromatic carbocycles. The summed E-state index contributed by atoms with van der Waals surface area (Å²) in [5.41, 5.74) is 1.02. The van der Waals surface area contributed by atoms with E-state index in [0.29, 0.717) is 6.42 Å².